The van der Waals surface area contributed by atoms with Gasteiger partial charge in [0.1, 0.15) is 0 Å². The number of rotatable bonds is 0. The van der Waals surface area contributed by atoms with Crippen molar-refractivity contribution < 1.29 is 5.48 Å². The fourth-order valence-corrected chi connectivity index (χ4v) is 3.34. The van der Waals surface area contributed by atoms with Crippen LogP contribution in [0.5, 0.6) is 0 Å². The van der Waals surface area contributed by atoms with E-state index in [1.54, 1.807) is 25.7 Å². The van der Waals surface area contributed by atoms with E-state index in [1.807, 2.05) is 27.7 Å². The Morgan fingerprint density at radius 2 is 1.12 bits per heavy atom. The molecule has 1 nitrogen and oxygen atoms in total. The maximum absolute atomic E-state index is 2.46. The highest BCUT2D eigenvalue weighted by Crippen LogP contribution is 2.40. The van der Waals surface area contributed by atoms with E-state index in [-0.39, 0.29) is 5.48 Å². The zero-order valence-corrected chi connectivity index (χ0v) is 12.9. The van der Waals surface area contributed by atoms with Crippen molar-refractivity contribution in [2.24, 2.45) is 17.8 Å². The van der Waals surface area contributed by atoms with Crippen LogP contribution >= 0.6 is 0 Å². The van der Waals surface area contributed by atoms with E-state index >= 15 is 0 Å². The minimum atomic E-state index is 0. The van der Waals surface area contributed by atoms with Crippen LogP contribution in [-0.4, -0.2) is 5.48 Å². The predicted octanol–water partition coefficient (Wildman–Crippen LogP) is 5.23. The van der Waals surface area contributed by atoms with Crippen LogP contribution in [0, 0.1) is 17.8 Å². The molecule has 0 aliphatic heterocycles. The maximum Gasteiger partial charge on any atom is -0.0383 e. The van der Waals surface area contributed by atoms with E-state index in [4.69, 9.17) is 0 Å². The minimum absolute atomic E-state index is 0. The smallest absolute Gasteiger partial charge is 0.0383 e. The van der Waals surface area contributed by atoms with Crippen molar-refractivity contribution in [3.63, 3.8) is 0 Å². The quantitative estimate of drug-likeness (QED) is 0.559. The van der Waals surface area contributed by atoms with Crippen LogP contribution in [0.3, 0.4) is 0 Å². The minimum Gasteiger partial charge on any atom is -0.412 e. The van der Waals surface area contributed by atoms with Crippen LogP contribution in [0.15, 0.2) is 0 Å². The summed E-state index contributed by atoms with van der Waals surface area (Å²) in [5.74, 6) is 3.28. The zero-order chi connectivity index (χ0) is 12.4. The normalized spacial score (nSPS) is 31.2. The molecule has 0 amide bonds. The van der Waals surface area contributed by atoms with E-state index in [0.29, 0.717) is 0 Å². The fourth-order valence-electron chi connectivity index (χ4n) is 3.34. The Morgan fingerprint density at radius 3 is 1.71 bits per heavy atom. The number of fused-ring (bicyclic) bond motifs is 1. The second-order valence-electron chi connectivity index (χ2n) is 5.08. The van der Waals surface area contributed by atoms with Crippen LogP contribution in [-0.2, 0) is 0 Å². The monoisotopic (exact) mass is 244 g/mol. The summed E-state index contributed by atoms with van der Waals surface area (Å²) in [5.41, 5.74) is 0. The molecular formula is C16H36O. The van der Waals surface area contributed by atoms with Crippen molar-refractivity contribution in [1.82, 2.24) is 0 Å². The molecule has 0 aromatic carbocycles. The molecule has 2 N–H and O–H groups in total. The SMILES string of the molecule is CC.CC.CC1CCCC2CCCCC2C1.O. The van der Waals surface area contributed by atoms with Crippen molar-refractivity contribution in [2.45, 2.75) is 86.0 Å². The third-order valence-corrected chi connectivity index (χ3v) is 4.04. The van der Waals surface area contributed by atoms with Gasteiger partial charge < -0.3 is 5.48 Å². The van der Waals surface area contributed by atoms with E-state index in [1.165, 1.54) is 25.7 Å². The molecule has 2 aliphatic carbocycles. The second-order valence-corrected chi connectivity index (χ2v) is 5.08. The first-order valence-corrected chi connectivity index (χ1v) is 7.86. The van der Waals surface area contributed by atoms with E-state index in [2.05, 4.69) is 6.92 Å². The molecule has 2 saturated carbocycles. The lowest BCUT2D eigenvalue weighted by Gasteiger charge is -2.30. The van der Waals surface area contributed by atoms with Gasteiger partial charge in [-0.3, -0.25) is 0 Å². The Balaban J connectivity index is 0. The molecule has 2 rings (SSSR count). The molecule has 17 heavy (non-hydrogen) atoms. The molecule has 3 unspecified atom stereocenters. The maximum atomic E-state index is 2.46. The van der Waals surface area contributed by atoms with Gasteiger partial charge in [0.05, 0.1) is 0 Å². The fraction of sp³-hybridized carbons (Fsp3) is 1.00. The molecule has 2 aliphatic rings. The Kier molecular flexibility index (Phi) is 14.1. The van der Waals surface area contributed by atoms with E-state index < -0.39 is 0 Å². The predicted molar refractivity (Wildman–Crippen MR) is 79.4 cm³/mol. The summed E-state index contributed by atoms with van der Waals surface area (Å²) in [5, 5.41) is 0. The molecule has 2 fully saturated rings. The van der Waals surface area contributed by atoms with Crippen LogP contribution in [0.2, 0.25) is 0 Å². The van der Waals surface area contributed by atoms with Crippen molar-refractivity contribution in [3.05, 3.63) is 0 Å². The summed E-state index contributed by atoms with van der Waals surface area (Å²) in [6, 6.07) is 0. The zero-order valence-electron chi connectivity index (χ0n) is 12.9. The van der Waals surface area contributed by atoms with Gasteiger partial charge in [-0.2, -0.15) is 0 Å². The first-order chi connectivity index (χ1) is 7.86. The van der Waals surface area contributed by atoms with Crippen LogP contribution in [0.25, 0.3) is 0 Å². The van der Waals surface area contributed by atoms with Crippen LogP contribution < -0.4 is 0 Å². The van der Waals surface area contributed by atoms with Gasteiger partial charge in [0.2, 0.25) is 0 Å². The van der Waals surface area contributed by atoms with Gasteiger partial charge in [-0.1, -0.05) is 79.6 Å². The summed E-state index contributed by atoms with van der Waals surface area (Å²) in [7, 11) is 0. The van der Waals surface area contributed by atoms with Gasteiger partial charge in [-0.25, -0.2) is 0 Å². The van der Waals surface area contributed by atoms with Gasteiger partial charge >= 0.3 is 0 Å². The molecule has 0 saturated heterocycles. The molecule has 0 aromatic heterocycles. The third kappa shape index (κ3) is 7.08. The van der Waals surface area contributed by atoms with Crippen molar-refractivity contribution in [1.29, 1.82) is 0 Å². The average molecular weight is 244 g/mol. The lowest BCUT2D eigenvalue weighted by molar-refractivity contribution is 0.212. The first-order valence-electron chi connectivity index (χ1n) is 7.86. The highest BCUT2D eigenvalue weighted by Gasteiger charge is 2.28. The highest BCUT2D eigenvalue weighted by atomic mass is 16.0. The van der Waals surface area contributed by atoms with Gasteiger partial charge in [-0.05, 0) is 24.2 Å². The lowest BCUT2D eigenvalue weighted by Crippen LogP contribution is -2.18. The lowest BCUT2D eigenvalue weighted by atomic mass is 9.76. The molecule has 0 radical (unpaired) electrons. The van der Waals surface area contributed by atoms with Gasteiger partial charge in [-0.15, -0.1) is 0 Å². The standard InChI is InChI=1S/C12H22.2C2H6.H2O/c1-10-5-4-8-11-6-2-3-7-12(11)9-10;2*1-2;/h10-12H,2-9H2,1H3;2*1-2H3;1H2. The number of hydrogen-bond donors (Lipinski definition) is 0. The molecule has 0 spiro atoms. The topological polar surface area (TPSA) is 31.5 Å². The Bertz CT molecular complexity index is 144. The molecular weight excluding hydrogens is 208 g/mol. The van der Waals surface area contributed by atoms with Crippen LogP contribution in [0.1, 0.15) is 86.0 Å². The van der Waals surface area contributed by atoms with E-state index in [9.17, 15) is 0 Å². The molecule has 3 atom stereocenters. The van der Waals surface area contributed by atoms with Crippen molar-refractivity contribution in [2.75, 3.05) is 0 Å². The largest absolute Gasteiger partial charge is 0.412 e. The first kappa shape index (κ1) is 19.3. The molecule has 0 heterocycles. The van der Waals surface area contributed by atoms with Crippen molar-refractivity contribution in [3.8, 4) is 0 Å². The molecule has 0 bridgehead atoms. The second kappa shape index (κ2) is 12.4. The van der Waals surface area contributed by atoms with Gasteiger partial charge in [0.25, 0.3) is 0 Å². The van der Waals surface area contributed by atoms with Gasteiger partial charge in [0.15, 0.2) is 0 Å². The summed E-state index contributed by atoms with van der Waals surface area (Å²) in [6.45, 7) is 10.5. The van der Waals surface area contributed by atoms with E-state index in [0.717, 1.165) is 17.8 Å². The molecule has 106 valence electrons. The summed E-state index contributed by atoms with van der Waals surface area (Å²) in [4.78, 5) is 0. The van der Waals surface area contributed by atoms with Crippen molar-refractivity contribution >= 4 is 0 Å². The highest BCUT2D eigenvalue weighted by molar-refractivity contribution is 4.79. The van der Waals surface area contributed by atoms with Crippen LogP contribution in [0.4, 0.5) is 0 Å². The summed E-state index contributed by atoms with van der Waals surface area (Å²) in [6.07, 6.45) is 12.3. The Hall–Kier alpha value is -0.0400. The Labute approximate surface area is 110 Å². The summed E-state index contributed by atoms with van der Waals surface area (Å²) >= 11 is 0. The summed E-state index contributed by atoms with van der Waals surface area (Å²) < 4.78 is 0. The molecule has 0 aromatic rings. The average Bonchev–Trinajstić information content (AvgIpc) is 2.55. The Morgan fingerprint density at radius 1 is 0.647 bits per heavy atom. The van der Waals surface area contributed by atoms with Gasteiger partial charge in [0, 0.05) is 0 Å². The third-order valence-electron chi connectivity index (χ3n) is 4.04. The molecule has 1 heteroatoms. The number of hydrogen-bond acceptors (Lipinski definition) is 0.